The summed E-state index contributed by atoms with van der Waals surface area (Å²) in [7, 11) is 0. The molecule has 0 amide bonds. The van der Waals surface area contributed by atoms with E-state index in [1.54, 1.807) is 0 Å². The number of rotatable bonds is 6. The SMILES string of the molecule is Nc1cc([N+](=O)[O-])cc(C(=O)O)c1CCCc1ccccc1. The number of hydrogen-bond acceptors (Lipinski definition) is 4. The van der Waals surface area contributed by atoms with E-state index in [1.807, 2.05) is 30.3 Å². The van der Waals surface area contributed by atoms with E-state index in [1.165, 1.54) is 6.07 Å². The van der Waals surface area contributed by atoms with Crippen molar-refractivity contribution in [2.45, 2.75) is 19.3 Å². The van der Waals surface area contributed by atoms with Crippen LogP contribution < -0.4 is 5.73 Å². The monoisotopic (exact) mass is 300 g/mol. The molecule has 0 atom stereocenters. The first-order valence-electron chi connectivity index (χ1n) is 6.83. The van der Waals surface area contributed by atoms with Crippen LogP contribution in [0.4, 0.5) is 11.4 Å². The minimum absolute atomic E-state index is 0.0974. The van der Waals surface area contributed by atoms with Gasteiger partial charge in [0.15, 0.2) is 0 Å². The smallest absolute Gasteiger partial charge is 0.336 e. The Morgan fingerprint density at radius 2 is 1.86 bits per heavy atom. The van der Waals surface area contributed by atoms with Gasteiger partial charge in [-0.3, -0.25) is 10.1 Å². The predicted octanol–water partition coefficient (Wildman–Crippen LogP) is 3.05. The van der Waals surface area contributed by atoms with Gasteiger partial charge in [-0.2, -0.15) is 0 Å². The van der Waals surface area contributed by atoms with Gasteiger partial charge in [-0.25, -0.2) is 4.79 Å². The van der Waals surface area contributed by atoms with Crippen molar-refractivity contribution in [3.8, 4) is 0 Å². The lowest BCUT2D eigenvalue weighted by atomic mass is 9.97. The maximum Gasteiger partial charge on any atom is 0.336 e. The quantitative estimate of drug-likeness (QED) is 0.484. The molecular weight excluding hydrogens is 284 g/mol. The number of non-ortho nitro benzene ring substituents is 1. The van der Waals surface area contributed by atoms with Crippen LogP contribution in [0.25, 0.3) is 0 Å². The minimum Gasteiger partial charge on any atom is -0.478 e. The summed E-state index contributed by atoms with van der Waals surface area (Å²) < 4.78 is 0. The summed E-state index contributed by atoms with van der Waals surface area (Å²) in [4.78, 5) is 21.5. The van der Waals surface area contributed by atoms with Crippen LogP contribution in [0.15, 0.2) is 42.5 Å². The fraction of sp³-hybridized carbons (Fsp3) is 0.188. The second-order valence-corrected chi connectivity index (χ2v) is 4.96. The first kappa shape index (κ1) is 15.5. The molecule has 2 aromatic rings. The van der Waals surface area contributed by atoms with E-state index in [-0.39, 0.29) is 16.9 Å². The molecule has 0 fully saturated rings. The van der Waals surface area contributed by atoms with E-state index in [2.05, 4.69) is 0 Å². The molecule has 0 saturated heterocycles. The zero-order valence-electron chi connectivity index (χ0n) is 11.9. The van der Waals surface area contributed by atoms with Gasteiger partial charge in [-0.15, -0.1) is 0 Å². The number of carboxylic acid groups (broad SMARTS) is 1. The highest BCUT2D eigenvalue weighted by Gasteiger charge is 2.19. The summed E-state index contributed by atoms with van der Waals surface area (Å²) in [6.45, 7) is 0. The number of nitro groups is 1. The van der Waals surface area contributed by atoms with Crippen LogP contribution in [0, 0.1) is 10.1 Å². The van der Waals surface area contributed by atoms with Gasteiger partial charge in [0.05, 0.1) is 10.5 Å². The first-order chi connectivity index (χ1) is 10.5. The molecule has 0 unspecified atom stereocenters. The molecular formula is C16H16N2O4. The summed E-state index contributed by atoms with van der Waals surface area (Å²) in [5.74, 6) is -1.20. The van der Waals surface area contributed by atoms with E-state index in [4.69, 9.17) is 5.73 Å². The largest absolute Gasteiger partial charge is 0.478 e. The first-order valence-corrected chi connectivity index (χ1v) is 6.83. The maximum atomic E-state index is 11.3. The van der Waals surface area contributed by atoms with Gasteiger partial charge < -0.3 is 10.8 Å². The molecule has 2 rings (SSSR count). The number of carbonyl (C=O) groups is 1. The molecule has 0 aliphatic carbocycles. The lowest BCUT2D eigenvalue weighted by Gasteiger charge is -2.10. The molecule has 0 spiro atoms. The normalized spacial score (nSPS) is 10.4. The zero-order valence-corrected chi connectivity index (χ0v) is 11.9. The lowest BCUT2D eigenvalue weighted by Crippen LogP contribution is -2.08. The van der Waals surface area contributed by atoms with E-state index < -0.39 is 10.9 Å². The topological polar surface area (TPSA) is 106 Å². The Morgan fingerprint density at radius 1 is 1.18 bits per heavy atom. The van der Waals surface area contributed by atoms with Gasteiger partial charge in [0, 0.05) is 17.8 Å². The molecule has 6 heteroatoms. The number of aromatic carboxylic acids is 1. The summed E-state index contributed by atoms with van der Waals surface area (Å²) in [5.41, 5.74) is 7.17. The van der Waals surface area contributed by atoms with Crippen LogP contribution >= 0.6 is 0 Å². The Hall–Kier alpha value is -2.89. The Morgan fingerprint density at radius 3 is 2.45 bits per heavy atom. The fourth-order valence-corrected chi connectivity index (χ4v) is 2.37. The highest BCUT2D eigenvalue weighted by Crippen LogP contribution is 2.26. The zero-order chi connectivity index (χ0) is 16.1. The molecule has 6 nitrogen and oxygen atoms in total. The lowest BCUT2D eigenvalue weighted by molar-refractivity contribution is -0.384. The fourth-order valence-electron chi connectivity index (χ4n) is 2.37. The van der Waals surface area contributed by atoms with Crippen LogP contribution in [0.1, 0.15) is 27.9 Å². The molecule has 0 aromatic heterocycles. The van der Waals surface area contributed by atoms with Gasteiger partial charge in [0.1, 0.15) is 0 Å². The number of anilines is 1. The standard InChI is InChI=1S/C16H16N2O4/c17-15-10-12(18(21)22)9-14(16(19)20)13(15)8-4-7-11-5-2-1-3-6-11/h1-3,5-6,9-10H,4,7-8,17H2,(H,19,20). The van der Waals surface area contributed by atoms with E-state index in [0.717, 1.165) is 18.1 Å². The van der Waals surface area contributed by atoms with Crippen molar-refractivity contribution in [1.29, 1.82) is 0 Å². The van der Waals surface area contributed by atoms with Crippen molar-refractivity contribution in [3.63, 3.8) is 0 Å². The van der Waals surface area contributed by atoms with E-state index in [0.29, 0.717) is 18.4 Å². The highest BCUT2D eigenvalue weighted by molar-refractivity contribution is 5.92. The third-order valence-electron chi connectivity index (χ3n) is 3.45. The molecule has 3 N–H and O–H groups in total. The molecule has 2 aromatic carbocycles. The van der Waals surface area contributed by atoms with Crippen LogP contribution in [0.5, 0.6) is 0 Å². The number of benzene rings is 2. The van der Waals surface area contributed by atoms with Crippen LogP contribution in [-0.4, -0.2) is 16.0 Å². The van der Waals surface area contributed by atoms with Crippen molar-refractivity contribution in [1.82, 2.24) is 0 Å². The van der Waals surface area contributed by atoms with Gasteiger partial charge in [0.25, 0.3) is 5.69 Å². The second kappa shape index (κ2) is 6.71. The summed E-state index contributed by atoms with van der Waals surface area (Å²) >= 11 is 0. The van der Waals surface area contributed by atoms with Crippen molar-refractivity contribution in [3.05, 3.63) is 69.3 Å². The Labute approximate surface area is 127 Å². The maximum absolute atomic E-state index is 11.3. The Bertz CT molecular complexity index is 699. The number of nitrogen functional groups attached to an aromatic ring is 1. The molecule has 0 heterocycles. The molecule has 0 bridgehead atoms. The molecule has 0 aliphatic rings. The molecule has 0 saturated carbocycles. The van der Waals surface area contributed by atoms with Crippen LogP contribution in [0.3, 0.4) is 0 Å². The summed E-state index contributed by atoms with van der Waals surface area (Å²) in [6, 6.07) is 12.1. The van der Waals surface area contributed by atoms with Gasteiger partial charge >= 0.3 is 5.97 Å². The highest BCUT2D eigenvalue weighted by atomic mass is 16.6. The van der Waals surface area contributed by atoms with Crippen molar-refractivity contribution >= 4 is 17.3 Å². The van der Waals surface area contributed by atoms with E-state index in [9.17, 15) is 20.0 Å². The average Bonchev–Trinajstić information content (AvgIpc) is 2.49. The summed E-state index contributed by atoms with van der Waals surface area (Å²) in [5, 5.41) is 20.0. The average molecular weight is 300 g/mol. The molecule has 0 aliphatic heterocycles. The predicted molar refractivity (Wildman–Crippen MR) is 82.9 cm³/mol. The van der Waals surface area contributed by atoms with Gasteiger partial charge in [-0.1, -0.05) is 30.3 Å². The number of nitrogens with zero attached hydrogens (tertiary/aromatic N) is 1. The molecule has 114 valence electrons. The van der Waals surface area contributed by atoms with Crippen molar-refractivity contribution < 1.29 is 14.8 Å². The summed E-state index contributed by atoms with van der Waals surface area (Å²) in [6.07, 6.45) is 1.96. The molecule has 22 heavy (non-hydrogen) atoms. The Kier molecular flexibility index (Phi) is 4.73. The van der Waals surface area contributed by atoms with Crippen LogP contribution in [0.2, 0.25) is 0 Å². The molecule has 0 radical (unpaired) electrons. The number of nitro benzene ring substituents is 1. The number of hydrogen-bond donors (Lipinski definition) is 2. The van der Waals surface area contributed by atoms with Crippen molar-refractivity contribution in [2.75, 3.05) is 5.73 Å². The van der Waals surface area contributed by atoms with E-state index >= 15 is 0 Å². The van der Waals surface area contributed by atoms with Crippen molar-refractivity contribution in [2.24, 2.45) is 0 Å². The van der Waals surface area contributed by atoms with Gasteiger partial charge in [0.2, 0.25) is 0 Å². The number of carboxylic acids is 1. The third-order valence-corrected chi connectivity index (χ3v) is 3.45. The van der Waals surface area contributed by atoms with Gasteiger partial charge in [-0.05, 0) is 30.4 Å². The third kappa shape index (κ3) is 3.60. The number of aryl methyl sites for hydroxylation is 1. The Balaban J connectivity index is 2.19. The number of nitrogens with two attached hydrogens (primary N) is 1. The van der Waals surface area contributed by atoms with Crippen LogP contribution in [-0.2, 0) is 12.8 Å². The second-order valence-electron chi connectivity index (χ2n) is 4.96. The minimum atomic E-state index is -1.20.